The molecule has 1 aromatic rings. The van der Waals surface area contributed by atoms with Gasteiger partial charge in [0.05, 0.1) is 18.6 Å². The first-order valence-corrected chi connectivity index (χ1v) is 14.9. The van der Waals surface area contributed by atoms with Crippen LogP contribution in [-0.2, 0) is 21.2 Å². The minimum atomic E-state index is -2.97. The summed E-state index contributed by atoms with van der Waals surface area (Å²) in [7, 11) is -1.41. The van der Waals surface area contributed by atoms with Crippen molar-refractivity contribution in [1.82, 2.24) is 21.1 Å². The third-order valence-electron chi connectivity index (χ3n) is 8.35. The van der Waals surface area contributed by atoms with Crippen LogP contribution >= 0.6 is 0 Å². The van der Waals surface area contributed by atoms with E-state index < -0.39 is 9.84 Å². The van der Waals surface area contributed by atoms with Crippen LogP contribution in [0.5, 0.6) is 5.75 Å². The SMILES string of the molecule is COc1cccc(F)c1CN1CCC[C@@H](NC(=O)C2CCC3NNC(C4=CCS(=O)(=O)CC4)C3C2)C1. The van der Waals surface area contributed by atoms with Crippen molar-refractivity contribution in [3.05, 3.63) is 41.2 Å². The van der Waals surface area contributed by atoms with Crippen LogP contribution in [0.15, 0.2) is 29.8 Å². The largest absolute Gasteiger partial charge is 0.496 e. The molecule has 1 aromatic carbocycles. The third-order valence-corrected chi connectivity index (χ3v) is 9.85. The Morgan fingerprint density at radius 3 is 2.89 bits per heavy atom. The molecule has 5 rings (SSSR count). The first-order valence-electron chi connectivity index (χ1n) is 13.1. The number of halogens is 1. The summed E-state index contributed by atoms with van der Waals surface area (Å²) in [5.41, 5.74) is 8.49. The number of hydrazine groups is 1. The van der Waals surface area contributed by atoms with Crippen molar-refractivity contribution < 1.29 is 22.3 Å². The number of carbonyl (C=O) groups excluding carboxylic acids is 1. The standard InChI is InChI=1S/C26H37FN4O4S/c1-35-24-6-2-5-22(27)21(24)16-31-11-3-4-19(15-31)28-26(32)18-7-8-23-20(14-18)25(30-29-23)17-9-12-36(33,34)13-10-17/h2,5-6,9,18-20,23,25,29-30H,3-4,7-8,10-16H2,1H3,(H,28,32)/t18?,19-,20?,23?,25?/m1/s1. The molecule has 0 bridgehead atoms. The van der Waals surface area contributed by atoms with Gasteiger partial charge in [-0.25, -0.2) is 12.8 Å². The van der Waals surface area contributed by atoms with Crippen LogP contribution < -0.4 is 20.9 Å². The number of rotatable bonds is 6. The number of hydrogen-bond donors (Lipinski definition) is 3. The van der Waals surface area contributed by atoms with E-state index in [0.717, 1.165) is 44.2 Å². The van der Waals surface area contributed by atoms with Gasteiger partial charge in [-0.05, 0) is 63.1 Å². The van der Waals surface area contributed by atoms with Gasteiger partial charge in [0, 0.05) is 42.7 Å². The molecule has 5 atom stereocenters. The molecular weight excluding hydrogens is 483 g/mol. The first kappa shape index (κ1) is 25.6. The minimum absolute atomic E-state index is 0.0450. The van der Waals surface area contributed by atoms with E-state index in [2.05, 4.69) is 21.1 Å². The van der Waals surface area contributed by atoms with Crippen LogP contribution in [0.3, 0.4) is 0 Å². The van der Waals surface area contributed by atoms with E-state index in [4.69, 9.17) is 4.74 Å². The molecule has 1 amide bonds. The van der Waals surface area contributed by atoms with Gasteiger partial charge in [0.25, 0.3) is 0 Å². The lowest BCUT2D eigenvalue weighted by Gasteiger charge is -2.36. The molecule has 198 valence electrons. The molecule has 8 nitrogen and oxygen atoms in total. The van der Waals surface area contributed by atoms with E-state index in [1.165, 1.54) is 6.07 Å². The van der Waals surface area contributed by atoms with E-state index in [1.807, 2.05) is 6.08 Å². The number of ether oxygens (including phenoxy) is 1. The van der Waals surface area contributed by atoms with Gasteiger partial charge >= 0.3 is 0 Å². The Morgan fingerprint density at radius 2 is 2.11 bits per heavy atom. The molecule has 2 saturated heterocycles. The van der Waals surface area contributed by atoms with Gasteiger partial charge in [-0.1, -0.05) is 17.7 Å². The second kappa shape index (κ2) is 10.8. The maximum atomic E-state index is 14.4. The van der Waals surface area contributed by atoms with Crippen LogP contribution in [0.25, 0.3) is 0 Å². The molecule has 3 aliphatic heterocycles. The predicted molar refractivity (Wildman–Crippen MR) is 135 cm³/mol. The molecule has 0 radical (unpaired) electrons. The Morgan fingerprint density at radius 1 is 1.25 bits per heavy atom. The smallest absolute Gasteiger partial charge is 0.223 e. The number of sulfone groups is 1. The number of methoxy groups -OCH3 is 1. The van der Waals surface area contributed by atoms with Gasteiger partial charge in [-0.3, -0.25) is 20.5 Å². The van der Waals surface area contributed by atoms with Gasteiger partial charge in [0.1, 0.15) is 11.6 Å². The summed E-state index contributed by atoms with van der Waals surface area (Å²) in [5, 5.41) is 3.29. The Bertz CT molecular complexity index is 1110. The molecule has 0 aromatic heterocycles. The van der Waals surface area contributed by atoms with Crippen molar-refractivity contribution in [3.63, 3.8) is 0 Å². The Labute approximate surface area is 212 Å². The lowest BCUT2D eigenvalue weighted by molar-refractivity contribution is -0.127. The molecule has 4 aliphatic rings. The highest BCUT2D eigenvalue weighted by atomic mass is 32.2. The van der Waals surface area contributed by atoms with E-state index >= 15 is 0 Å². The fraction of sp³-hybridized carbons (Fsp3) is 0.654. The van der Waals surface area contributed by atoms with Crippen LogP contribution in [0.4, 0.5) is 4.39 Å². The molecule has 0 spiro atoms. The van der Waals surface area contributed by atoms with Crippen LogP contribution in [-0.4, -0.2) is 69.1 Å². The van der Waals surface area contributed by atoms with Crippen molar-refractivity contribution in [3.8, 4) is 5.75 Å². The summed E-state index contributed by atoms with van der Waals surface area (Å²) in [4.78, 5) is 15.5. The highest BCUT2D eigenvalue weighted by Gasteiger charge is 2.44. The zero-order valence-electron chi connectivity index (χ0n) is 20.8. The third kappa shape index (κ3) is 5.61. The summed E-state index contributed by atoms with van der Waals surface area (Å²) in [6, 6.07) is 5.32. The molecule has 36 heavy (non-hydrogen) atoms. The maximum absolute atomic E-state index is 14.4. The van der Waals surface area contributed by atoms with Crippen molar-refractivity contribution in [2.24, 2.45) is 11.8 Å². The van der Waals surface area contributed by atoms with Crippen LogP contribution in [0, 0.1) is 17.7 Å². The summed E-state index contributed by atoms with van der Waals surface area (Å²) in [5.74, 6) is 0.930. The number of fused-ring (bicyclic) bond motifs is 1. The summed E-state index contributed by atoms with van der Waals surface area (Å²) in [6.45, 7) is 2.01. The van der Waals surface area contributed by atoms with E-state index in [9.17, 15) is 17.6 Å². The minimum Gasteiger partial charge on any atom is -0.496 e. The monoisotopic (exact) mass is 520 g/mol. The average Bonchev–Trinajstić information content (AvgIpc) is 3.29. The fourth-order valence-electron chi connectivity index (χ4n) is 6.38. The number of benzene rings is 1. The van der Waals surface area contributed by atoms with Gasteiger partial charge in [0.2, 0.25) is 5.91 Å². The number of likely N-dealkylation sites (tertiary alicyclic amines) is 1. The fourth-order valence-corrected chi connectivity index (χ4v) is 7.56. The molecule has 1 aliphatic carbocycles. The van der Waals surface area contributed by atoms with Gasteiger partial charge in [-0.15, -0.1) is 0 Å². The predicted octanol–water partition coefficient (Wildman–Crippen LogP) is 1.92. The molecule has 3 N–H and O–H groups in total. The number of nitrogens with one attached hydrogen (secondary N) is 3. The van der Waals surface area contributed by atoms with E-state index in [1.54, 1.807) is 19.2 Å². The number of hydrogen-bond acceptors (Lipinski definition) is 7. The second-order valence-electron chi connectivity index (χ2n) is 10.7. The topological polar surface area (TPSA) is 99.8 Å². The first-order chi connectivity index (χ1) is 17.3. The van der Waals surface area contributed by atoms with Crippen molar-refractivity contribution in [2.75, 3.05) is 31.7 Å². The van der Waals surface area contributed by atoms with Crippen molar-refractivity contribution >= 4 is 15.7 Å². The maximum Gasteiger partial charge on any atom is 0.223 e. The second-order valence-corrected chi connectivity index (χ2v) is 12.9. The molecule has 4 unspecified atom stereocenters. The zero-order valence-corrected chi connectivity index (χ0v) is 21.7. The number of amides is 1. The quantitative estimate of drug-likeness (QED) is 0.493. The number of carbonyl (C=O) groups is 1. The highest BCUT2D eigenvalue weighted by Crippen LogP contribution is 2.38. The lowest BCUT2D eigenvalue weighted by Crippen LogP contribution is -2.50. The molecular formula is C26H37FN4O4S. The number of piperidine rings is 1. The van der Waals surface area contributed by atoms with Gasteiger partial charge in [-0.2, -0.15) is 0 Å². The highest BCUT2D eigenvalue weighted by molar-refractivity contribution is 7.91. The average molecular weight is 521 g/mol. The molecule has 3 fully saturated rings. The summed E-state index contributed by atoms with van der Waals surface area (Å²) < 4.78 is 43.5. The summed E-state index contributed by atoms with van der Waals surface area (Å²) >= 11 is 0. The van der Waals surface area contributed by atoms with Crippen LogP contribution in [0.2, 0.25) is 0 Å². The van der Waals surface area contributed by atoms with E-state index in [-0.39, 0.29) is 47.1 Å². The van der Waals surface area contributed by atoms with Gasteiger partial charge < -0.3 is 10.1 Å². The van der Waals surface area contributed by atoms with Crippen molar-refractivity contribution in [2.45, 2.75) is 63.2 Å². The molecule has 1 saturated carbocycles. The Kier molecular flexibility index (Phi) is 7.67. The van der Waals surface area contributed by atoms with Crippen LogP contribution in [0.1, 0.15) is 44.1 Å². The summed E-state index contributed by atoms with van der Waals surface area (Å²) in [6.07, 6.45) is 6.84. The number of nitrogens with zero attached hydrogens (tertiary/aromatic N) is 1. The van der Waals surface area contributed by atoms with E-state index in [0.29, 0.717) is 36.9 Å². The Balaban J connectivity index is 1.18. The van der Waals surface area contributed by atoms with Crippen molar-refractivity contribution in [1.29, 1.82) is 0 Å². The normalized spacial score (nSPS) is 32.4. The lowest BCUT2D eigenvalue weighted by atomic mass is 9.73. The zero-order chi connectivity index (χ0) is 25.3. The Hall–Kier alpha value is -2.01. The molecule has 10 heteroatoms. The van der Waals surface area contributed by atoms with Gasteiger partial charge in [0.15, 0.2) is 9.84 Å². The molecule has 3 heterocycles.